The average molecular weight is 392 g/mol. The molecule has 0 saturated carbocycles. The number of nitrogens with zero attached hydrogens (tertiary/aromatic N) is 3. The number of hydrogen-bond acceptors (Lipinski definition) is 5. The van der Waals surface area contributed by atoms with Crippen molar-refractivity contribution in [2.45, 2.75) is 25.8 Å². The molecule has 1 amide bonds. The van der Waals surface area contributed by atoms with E-state index in [1.165, 1.54) is 0 Å². The van der Waals surface area contributed by atoms with Crippen LogP contribution in [0.4, 0.5) is 0 Å². The van der Waals surface area contributed by atoms with Gasteiger partial charge < -0.3 is 14.5 Å². The minimum atomic E-state index is -0.826. The molecule has 7 nitrogen and oxygen atoms in total. The van der Waals surface area contributed by atoms with Gasteiger partial charge in [0.2, 0.25) is 0 Å². The van der Waals surface area contributed by atoms with Crippen LogP contribution in [0.15, 0.2) is 34.9 Å². The maximum absolute atomic E-state index is 12.7. The zero-order valence-corrected chi connectivity index (χ0v) is 15.9. The van der Waals surface area contributed by atoms with Crippen molar-refractivity contribution >= 4 is 23.5 Å². The standard InChI is InChI=1S/C19H22ClN3O4/c1-2-22(12-18(24)25)15-7-9-23(10-8-15)19(26)16-11-17(27-21-16)13-3-5-14(20)6-4-13/h3-6,11,15H,2,7-10,12H2,1H3,(H,24,25). The van der Waals surface area contributed by atoms with Gasteiger partial charge in [0.25, 0.3) is 5.91 Å². The van der Waals surface area contributed by atoms with Gasteiger partial charge in [0.05, 0.1) is 6.54 Å². The molecule has 1 aromatic heterocycles. The molecule has 1 saturated heterocycles. The molecule has 1 aromatic carbocycles. The topological polar surface area (TPSA) is 86.9 Å². The highest BCUT2D eigenvalue weighted by Gasteiger charge is 2.29. The quantitative estimate of drug-likeness (QED) is 0.814. The minimum Gasteiger partial charge on any atom is -0.480 e. The van der Waals surface area contributed by atoms with Crippen molar-refractivity contribution in [2.75, 3.05) is 26.2 Å². The molecule has 2 heterocycles. The summed E-state index contributed by atoms with van der Waals surface area (Å²) in [5.74, 6) is -0.477. The van der Waals surface area contributed by atoms with Crippen molar-refractivity contribution in [3.63, 3.8) is 0 Å². The lowest BCUT2D eigenvalue weighted by molar-refractivity contribution is -0.139. The van der Waals surface area contributed by atoms with E-state index in [-0.39, 0.29) is 24.2 Å². The minimum absolute atomic E-state index is 0.0306. The molecule has 1 aliphatic heterocycles. The van der Waals surface area contributed by atoms with Gasteiger partial charge in [-0.3, -0.25) is 14.5 Å². The Balaban J connectivity index is 1.61. The fourth-order valence-corrected chi connectivity index (χ4v) is 3.52. The Labute approximate surface area is 162 Å². The van der Waals surface area contributed by atoms with Crippen molar-refractivity contribution in [1.29, 1.82) is 0 Å². The summed E-state index contributed by atoms with van der Waals surface area (Å²) in [7, 11) is 0. The maximum Gasteiger partial charge on any atom is 0.317 e. The number of halogens is 1. The molecule has 27 heavy (non-hydrogen) atoms. The van der Waals surface area contributed by atoms with Crippen LogP contribution in [0, 0.1) is 0 Å². The third kappa shape index (κ3) is 4.67. The predicted octanol–water partition coefficient (Wildman–Crippen LogP) is 3.01. The lowest BCUT2D eigenvalue weighted by atomic mass is 10.0. The largest absolute Gasteiger partial charge is 0.480 e. The smallest absolute Gasteiger partial charge is 0.317 e. The number of carbonyl (C=O) groups is 2. The molecule has 1 N–H and O–H groups in total. The Hall–Kier alpha value is -2.38. The second-order valence-corrected chi connectivity index (χ2v) is 7.00. The third-order valence-electron chi connectivity index (χ3n) is 4.87. The second kappa shape index (κ2) is 8.54. The van der Waals surface area contributed by atoms with Crippen molar-refractivity contribution in [3.8, 4) is 11.3 Å². The molecule has 2 aromatic rings. The van der Waals surface area contributed by atoms with Crippen LogP contribution >= 0.6 is 11.6 Å². The van der Waals surface area contributed by atoms with Crippen LogP contribution in [0.1, 0.15) is 30.3 Å². The van der Waals surface area contributed by atoms with Crippen LogP contribution in [0.5, 0.6) is 0 Å². The SMILES string of the molecule is CCN(CC(=O)O)C1CCN(C(=O)c2cc(-c3ccc(Cl)cc3)on2)CC1. The number of hydrogen-bond donors (Lipinski definition) is 1. The van der Waals surface area contributed by atoms with Crippen LogP contribution in [-0.2, 0) is 4.79 Å². The van der Waals surface area contributed by atoms with Gasteiger partial charge in [-0.25, -0.2) is 0 Å². The maximum atomic E-state index is 12.7. The Kier molecular flexibility index (Phi) is 6.13. The van der Waals surface area contributed by atoms with Crippen molar-refractivity contribution in [2.24, 2.45) is 0 Å². The summed E-state index contributed by atoms with van der Waals surface area (Å²) in [5.41, 5.74) is 1.08. The first-order chi connectivity index (χ1) is 13.0. The highest BCUT2D eigenvalue weighted by atomic mass is 35.5. The molecule has 1 fully saturated rings. The zero-order valence-electron chi connectivity index (χ0n) is 15.1. The highest BCUT2D eigenvalue weighted by molar-refractivity contribution is 6.30. The number of carboxylic acid groups (broad SMARTS) is 1. The van der Waals surface area contributed by atoms with Crippen LogP contribution in [0.25, 0.3) is 11.3 Å². The molecular formula is C19H22ClN3O4. The van der Waals surface area contributed by atoms with Gasteiger partial charge >= 0.3 is 5.97 Å². The molecule has 0 unspecified atom stereocenters. The Morgan fingerprint density at radius 2 is 1.96 bits per heavy atom. The van der Waals surface area contributed by atoms with Gasteiger partial charge in [0, 0.05) is 35.8 Å². The number of carboxylic acids is 1. The van der Waals surface area contributed by atoms with Gasteiger partial charge in [-0.15, -0.1) is 0 Å². The van der Waals surface area contributed by atoms with E-state index in [1.807, 2.05) is 24.0 Å². The Morgan fingerprint density at radius 3 is 2.56 bits per heavy atom. The van der Waals surface area contributed by atoms with Crippen molar-refractivity contribution in [3.05, 3.63) is 41.0 Å². The number of likely N-dealkylation sites (N-methyl/N-ethyl adjacent to an activating group) is 1. The van der Waals surface area contributed by atoms with Crippen molar-refractivity contribution < 1.29 is 19.2 Å². The van der Waals surface area contributed by atoms with E-state index in [0.29, 0.717) is 30.4 Å². The molecule has 3 rings (SSSR count). The number of aromatic nitrogens is 1. The predicted molar refractivity (Wildman–Crippen MR) is 101 cm³/mol. The second-order valence-electron chi connectivity index (χ2n) is 6.56. The van der Waals surface area contributed by atoms with Gasteiger partial charge in [0.1, 0.15) is 0 Å². The van der Waals surface area contributed by atoms with Crippen LogP contribution in [0.2, 0.25) is 5.02 Å². The van der Waals surface area contributed by atoms with Crippen LogP contribution < -0.4 is 0 Å². The monoisotopic (exact) mass is 391 g/mol. The number of benzene rings is 1. The van der Waals surface area contributed by atoms with E-state index in [9.17, 15) is 9.59 Å². The van der Waals surface area contributed by atoms with Gasteiger partial charge in [-0.1, -0.05) is 23.7 Å². The molecule has 144 valence electrons. The number of likely N-dealkylation sites (tertiary alicyclic amines) is 1. The summed E-state index contributed by atoms with van der Waals surface area (Å²) in [6, 6.07) is 8.94. The first-order valence-corrected chi connectivity index (χ1v) is 9.33. The molecular weight excluding hydrogens is 370 g/mol. The van der Waals surface area contributed by atoms with Crippen molar-refractivity contribution in [1.82, 2.24) is 15.0 Å². The number of piperidine rings is 1. The number of rotatable bonds is 6. The summed E-state index contributed by atoms with van der Waals surface area (Å²) in [4.78, 5) is 27.4. The molecule has 8 heteroatoms. The molecule has 0 bridgehead atoms. The Bertz CT molecular complexity index is 798. The van der Waals surface area contributed by atoms with E-state index in [4.69, 9.17) is 21.2 Å². The highest BCUT2D eigenvalue weighted by Crippen LogP contribution is 2.24. The van der Waals surface area contributed by atoms with Gasteiger partial charge in [-0.05, 0) is 43.7 Å². The number of amides is 1. The third-order valence-corrected chi connectivity index (χ3v) is 5.12. The lowest BCUT2D eigenvalue weighted by Gasteiger charge is -2.37. The first-order valence-electron chi connectivity index (χ1n) is 8.95. The van der Waals surface area contributed by atoms with Crippen LogP contribution in [-0.4, -0.2) is 64.2 Å². The first kappa shape index (κ1) is 19.4. The average Bonchev–Trinajstić information content (AvgIpc) is 3.16. The molecule has 0 radical (unpaired) electrons. The summed E-state index contributed by atoms with van der Waals surface area (Å²) in [6.45, 7) is 3.81. The van der Waals surface area contributed by atoms with Gasteiger partial charge in [-0.2, -0.15) is 0 Å². The van der Waals surface area contributed by atoms with E-state index in [2.05, 4.69) is 5.16 Å². The van der Waals surface area contributed by atoms with E-state index in [1.54, 1.807) is 23.1 Å². The molecule has 0 aliphatic carbocycles. The molecule has 0 spiro atoms. The molecule has 0 atom stereocenters. The van der Waals surface area contributed by atoms with E-state index < -0.39 is 5.97 Å². The normalized spacial score (nSPS) is 15.3. The summed E-state index contributed by atoms with van der Waals surface area (Å²) in [5, 5.41) is 13.6. The van der Waals surface area contributed by atoms with Crippen LogP contribution in [0.3, 0.4) is 0 Å². The number of carbonyl (C=O) groups excluding carboxylic acids is 1. The lowest BCUT2D eigenvalue weighted by Crippen LogP contribution is -2.48. The fourth-order valence-electron chi connectivity index (χ4n) is 3.40. The van der Waals surface area contributed by atoms with E-state index in [0.717, 1.165) is 18.4 Å². The van der Waals surface area contributed by atoms with Gasteiger partial charge in [0.15, 0.2) is 11.5 Å². The summed E-state index contributed by atoms with van der Waals surface area (Å²) < 4.78 is 5.31. The Morgan fingerprint density at radius 1 is 1.30 bits per heavy atom. The number of aliphatic carboxylic acids is 1. The summed E-state index contributed by atoms with van der Waals surface area (Å²) >= 11 is 5.89. The molecule has 1 aliphatic rings. The fraction of sp³-hybridized carbons (Fsp3) is 0.421. The zero-order chi connectivity index (χ0) is 19.4. The van der Waals surface area contributed by atoms with E-state index >= 15 is 0 Å². The summed E-state index contributed by atoms with van der Waals surface area (Å²) in [6.07, 6.45) is 1.49.